The maximum atomic E-state index is 13.7. The predicted octanol–water partition coefficient (Wildman–Crippen LogP) is 1.57. The highest BCUT2D eigenvalue weighted by molar-refractivity contribution is 9.10. The molecule has 0 aliphatic carbocycles. The Bertz CT molecular complexity index is 527. The molecule has 0 aromatic heterocycles. The van der Waals surface area contributed by atoms with Gasteiger partial charge < -0.3 is 15.0 Å². The molecule has 0 radical (unpaired) electrons. The molecule has 0 bridgehead atoms. The van der Waals surface area contributed by atoms with Crippen molar-refractivity contribution in [3.05, 3.63) is 34.1 Å². The molecule has 1 aromatic carbocycles. The van der Waals surface area contributed by atoms with Gasteiger partial charge in [0.25, 0.3) is 5.91 Å². The first-order chi connectivity index (χ1) is 10.0. The van der Waals surface area contributed by atoms with Crippen LogP contribution in [0.3, 0.4) is 0 Å². The zero-order valence-electron chi connectivity index (χ0n) is 11.6. The van der Waals surface area contributed by atoms with Crippen LogP contribution in [0.5, 0.6) is 0 Å². The molecule has 0 spiro atoms. The molecule has 5 nitrogen and oxygen atoms in total. The molecule has 1 atom stereocenters. The lowest BCUT2D eigenvalue weighted by atomic mass is 10.1. The highest BCUT2D eigenvalue weighted by atomic mass is 79.9. The summed E-state index contributed by atoms with van der Waals surface area (Å²) in [5.74, 6) is -1.44. The standard InChI is InChI=1S/C14H16BrFN2O3/c1-9(14(20)18-5-7-21-8-6-18)17-13(19)12-10(15)3-2-4-11(12)16/h2-4,9H,5-8H2,1H3,(H,17,19). The Labute approximate surface area is 130 Å². The van der Waals surface area contributed by atoms with E-state index in [2.05, 4.69) is 21.2 Å². The molecule has 21 heavy (non-hydrogen) atoms. The summed E-state index contributed by atoms with van der Waals surface area (Å²) in [6, 6.07) is 3.56. The van der Waals surface area contributed by atoms with E-state index in [1.54, 1.807) is 17.9 Å². The molecule has 1 aliphatic rings. The van der Waals surface area contributed by atoms with Gasteiger partial charge in [0.05, 0.1) is 18.8 Å². The first kappa shape index (κ1) is 15.9. The van der Waals surface area contributed by atoms with Crippen LogP contribution in [-0.2, 0) is 9.53 Å². The summed E-state index contributed by atoms with van der Waals surface area (Å²) < 4.78 is 19.2. The van der Waals surface area contributed by atoms with Gasteiger partial charge in [-0.1, -0.05) is 6.07 Å². The zero-order chi connectivity index (χ0) is 15.4. The summed E-state index contributed by atoms with van der Waals surface area (Å²) in [6.45, 7) is 3.58. The largest absolute Gasteiger partial charge is 0.378 e. The number of halogens is 2. The Morgan fingerprint density at radius 3 is 2.67 bits per heavy atom. The van der Waals surface area contributed by atoms with Crippen molar-refractivity contribution in [3.63, 3.8) is 0 Å². The van der Waals surface area contributed by atoms with E-state index >= 15 is 0 Å². The van der Waals surface area contributed by atoms with Crippen LogP contribution in [0.2, 0.25) is 0 Å². The van der Waals surface area contributed by atoms with Gasteiger partial charge in [0.2, 0.25) is 5.91 Å². The van der Waals surface area contributed by atoms with Gasteiger partial charge in [-0.05, 0) is 35.0 Å². The zero-order valence-corrected chi connectivity index (χ0v) is 13.2. The maximum Gasteiger partial charge on any atom is 0.256 e. The Morgan fingerprint density at radius 1 is 1.38 bits per heavy atom. The third-order valence-corrected chi connectivity index (χ3v) is 3.89. The van der Waals surface area contributed by atoms with Crippen molar-refractivity contribution in [2.45, 2.75) is 13.0 Å². The highest BCUT2D eigenvalue weighted by Gasteiger charge is 2.25. The molecule has 2 amide bonds. The van der Waals surface area contributed by atoms with Gasteiger partial charge in [0.1, 0.15) is 11.9 Å². The Morgan fingerprint density at radius 2 is 2.05 bits per heavy atom. The summed E-state index contributed by atoms with van der Waals surface area (Å²) in [7, 11) is 0. The fourth-order valence-electron chi connectivity index (χ4n) is 2.10. The van der Waals surface area contributed by atoms with E-state index in [0.29, 0.717) is 30.8 Å². The average Bonchev–Trinajstić information content (AvgIpc) is 2.47. The van der Waals surface area contributed by atoms with Crippen LogP contribution in [0.25, 0.3) is 0 Å². The first-order valence-corrected chi connectivity index (χ1v) is 7.41. The van der Waals surface area contributed by atoms with Crippen molar-refractivity contribution >= 4 is 27.7 Å². The molecule has 1 unspecified atom stereocenters. The van der Waals surface area contributed by atoms with Crippen LogP contribution in [0.15, 0.2) is 22.7 Å². The molecule has 114 valence electrons. The molecule has 0 saturated carbocycles. The lowest BCUT2D eigenvalue weighted by Crippen LogP contribution is -2.50. The number of nitrogens with zero attached hydrogens (tertiary/aromatic N) is 1. The minimum atomic E-state index is -0.720. The Kier molecular flexibility index (Phi) is 5.30. The van der Waals surface area contributed by atoms with E-state index in [1.807, 2.05) is 0 Å². The van der Waals surface area contributed by atoms with Gasteiger partial charge in [-0.2, -0.15) is 0 Å². The molecule has 7 heteroatoms. The van der Waals surface area contributed by atoms with E-state index in [-0.39, 0.29) is 11.5 Å². The molecule has 1 aliphatic heterocycles. The van der Waals surface area contributed by atoms with Crippen LogP contribution in [0.4, 0.5) is 4.39 Å². The summed E-state index contributed by atoms with van der Waals surface area (Å²) >= 11 is 3.14. The van der Waals surface area contributed by atoms with Crippen LogP contribution < -0.4 is 5.32 Å². The quantitative estimate of drug-likeness (QED) is 0.891. The molecule has 2 rings (SSSR count). The van der Waals surface area contributed by atoms with Crippen LogP contribution in [0, 0.1) is 5.82 Å². The second-order valence-electron chi connectivity index (χ2n) is 4.73. The van der Waals surface area contributed by atoms with Crippen molar-refractivity contribution in [1.29, 1.82) is 0 Å². The molecular weight excluding hydrogens is 343 g/mol. The minimum absolute atomic E-state index is 0.0980. The van der Waals surface area contributed by atoms with Crippen molar-refractivity contribution in [3.8, 4) is 0 Å². The topological polar surface area (TPSA) is 58.6 Å². The van der Waals surface area contributed by atoms with E-state index in [4.69, 9.17) is 4.74 Å². The summed E-state index contributed by atoms with van der Waals surface area (Å²) in [5.41, 5.74) is -0.0980. The Hall–Kier alpha value is -1.47. The Balaban J connectivity index is 2.03. The molecule has 1 N–H and O–H groups in total. The molecule has 1 aromatic rings. The number of hydrogen-bond donors (Lipinski definition) is 1. The summed E-state index contributed by atoms with van der Waals surface area (Å²) in [5, 5.41) is 2.53. The van der Waals surface area contributed by atoms with Crippen molar-refractivity contribution in [2.24, 2.45) is 0 Å². The normalized spacial score (nSPS) is 16.4. The van der Waals surface area contributed by atoms with Gasteiger partial charge in [-0.3, -0.25) is 9.59 Å². The fraction of sp³-hybridized carbons (Fsp3) is 0.429. The van der Waals surface area contributed by atoms with E-state index in [0.717, 1.165) is 0 Å². The monoisotopic (exact) mass is 358 g/mol. The molecule has 1 saturated heterocycles. The number of amides is 2. The van der Waals surface area contributed by atoms with Gasteiger partial charge in [-0.15, -0.1) is 0 Å². The van der Waals surface area contributed by atoms with E-state index in [9.17, 15) is 14.0 Å². The number of rotatable bonds is 3. The van der Waals surface area contributed by atoms with Gasteiger partial charge in [-0.25, -0.2) is 4.39 Å². The number of carbonyl (C=O) groups is 2. The van der Waals surface area contributed by atoms with Crippen molar-refractivity contribution in [2.75, 3.05) is 26.3 Å². The minimum Gasteiger partial charge on any atom is -0.378 e. The highest BCUT2D eigenvalue weighted by Crippen LogP contribution is 2.19. The van der Waals surface area contributed by atoms with Crippen molar-refractivity contribution < 1.29 is 18.7 Å². The number of hydrogen-bond acceptors (Lipinski definition) is 3. The second-order valence-corrected chi connectivity index (χ2v) is 5.58. The van der Waals surface area contributed by atoms with Crippen molar-refractivity contribution in [1.82, 2.24) is 10.2 Å². The number of ether oxygens (including phenoxy) is 1. The third kappa shape index (κ3) is 3.79. The smallest absolute Gasteiger partial charge is 0.256 e. The first-order valence-electron chi connectivity index (χ1n) is 6.62. The lowest BCUT2D eigenvalue weighted by molar-refractivity contribution is -0.136. The van der Waals surface area contributed by atoms with Gasteiger partial charge in [0.15, 0.2) is 0 Å². The van der Waals surface area contributed by atoms with Crippen LogP contribution >= 0.6 is 15.9 Å². The number of nitrogens with one attached hydrogen (secondary N) is 1. The summed E-state index contributed by atoms with van der Waals surface area (Å²) in [4.78, 5) is 25.9. The molecule has 1 heterocycles. The van der Waals surface area contributed by atoms with E-state index < -0.39 is 17.8 Å². The number of benzene rings is 1. The molecular formula is C14H16BrFN2O3. The maximum absolute atomic E-state index is 13.7. The lowest BCUT2D eigenvalue weighted by Gasteiger charge is -2.29. The average molecular weight is 359 g/mol. The van der Waals surface area contributed by atoms with Crippen LogP contribution in [0.1, 0.15) is 17.3 Å². The van der Waals surface area contributed by atoms with Gasteiger partial charge in [0, 0.05) is 17.6 Å². The SMILES string of the molecule is CC(NC(=O)c1c(F)cccc1Br)C(=O)N1CCOCC1. The number of carbonyl (C=O) groups excluding carboxylic acids is 2. The summed E-state index contributed by atoms with van der Waals surface area (Å²) in [6.07, 6.45) is 0. The predicted molar refractivity (Wildman–Crippen MR) is 78.4 cm³/mol. The van der Waals surface area contributed by atoms with Crippen LogP contribution in [-0.4, -0.2) is 49.1 Å². The third-order valence-electron chi connectivity index (χ3n) is 3.23. The second kappa shape index (κ2) is 7.00. The fourth-order valence-corrected chi connectivity index (χ4v) is 2.62. The molecule has 1 fully saturated rings. The van der Waals surface area contributed by atoms with Gasteiger partial charge >= 0.3 is 0 Å². The van der Waals surface area contributed by atoms with E-state index in [1.165, 1.54) is 12.1 Å². The number of morpholine rings is 1.